The average molecular weight is 212 g/mol. The molecule has 0 atom stereocenters. The normalized spacial score (nSPS) is 11.4. The fourth-order valence-corrected chi connectivity index (χ4v) is 1.50. The summed E-state index contributed by atoms with van der Waals surface area (Å²) in [7, 11) is 0. The number of aldehydes is 1. The van der Waals surface area contributed by atoms with E-state index in [0.29, 0.717) is 11.3 Å². The lowest BCUT2D eigenvalue weighted by Gasteiger charge is -1.98. The van der Waals surface area contributed by atoms with Gasteiger partial charge in [0.1, 0.15) is 11.5 Å². The minimum absolute atomic E-state index is 0.620. The number of benzene rings is 1. The molecule has 0 bridgehead atoms. The van der Waals surface area contributed by atoms with E-state index in [2.05, 4.69) is 0 Å². The van der Waals surface area contributed by atoms with Crippen molar-refractivity contribution in [3.05, 3.63) is 59.5 Å². The Kier molecular flexibility index (Phi) is 3.01. The maximum atomic E-state index is 11.0. The lowest BCUT2D eigenvalue weighted by Crippen LogP contribution is -1.84. The molecule has 0 fully saturated rings. The monoisotopic (exact) mass is 212 g/mol. The third kappa shape index (κ3) is 2.28. The van der Waals surface area contributed by atoms with Crippen molar-refractivity contribution < 1.29 is 9.21 Å². The zero-order valence-corrected chi connectivity index (χ0v) is 9.01. The molecule has 0 unspecified atom stereocenters. The van der Waals surface area contributed by atoms with Crippen molar-refractivity contribution in [3.63, 3.8) is 0 Å². The third-order valence-corrected chi connectivity index (χ3v) is 2.29. The molecular weight excluding hydrogens is 200 g/mol. The number of allylic oxidation sites excluding steroid dienone is 1. The number of furan rings is 1. The van der Waals surface area contributed by atoms with Crippen molar-refractivity contribution >= 4 is 17.9 Å². The van der Waals surface area contributed by atoms with Gasteiger partial charge in [-0.1, -0.05) is 30.3 Å². The van der Waals surface area contributed by atoms with Crippen LogP contribution in [0.1, 0.15) is 17.1 Å². The highest BCUT2D eigenvalue weighted by Gasteiger charge is 2.01. The van der Waals surface area contributed by atoms with Crippen molar-refractivity contribution in [2.24, 2.45) is 0 Å². The highest BCUT2D eigenvalue weighted by atomic mass is 16.3. The quantitative estimate of drug-likeness (QED) is 0.577. The Balaban J connectivity index is 2.37. The number of aryl methyl sites for hydroxylation is 1. The van der Waals surface area contributed by atoms with Crippen LogP contribution in [0.5, 0.6) is 0 Å². The Bertz CT molecular complexity index is 507. The molecule has 80 valence electrons. The number of carbonyl (C=O) groups is 1. The maximum Gasteiger partial charge on any atom is 0.150 e. The first-order chi connectivity index (χ1) is 7.79. The van der Waals surface area contributed by atoms with Gasteiger partial charge in [-0.25, -0.2) is 0 Å². The molecule has 1 aromatic heterocycles. The van der Waals surface area contributed by atoms with E-state index in [0.717, 1.165) is 17.6 Å². The van der Waals surface area contributed by atoms with Gasteiger partial charge < -0.3 is 4.42 Å². The van der Waals surface area contributed by atoms with Gasteiger partial charge in [0.2, 0.25) is 0 Å². The minimum Gasteiger partial charge on any atom is -0.462 e. The SMILES string of the molecule is Cc1ccc(/C=C(/C=O)c2ccccc2)o1. The molecule has 0 saturated carbocycles. The van der Waals surface area contributed by atoms with Crippen molar-refractivity contribution in [1.82, 2.24) is 0 Å². The molecule has 0 aliphatic heterocycles. The molecule has 16 heavy (non-hydrogen) atoms. The minimum atomic E-state index is 0.620. The summed E-state index contributed by atoms with van der Waals surface area (Å²) in [5.74, 6) is 1.54. The number of rotatable bonds is 3. The number of hydrogen-bond acceptors (Lipinski definition) is 2. The van der Waals surface area contributed by atoms with Gasteiger partial charge in [0.15, 0.2) is 6.29 Å². The predicted octanol–water partition coefficient (Wildman–Crippen LogP) is 3.33. The number of hydrogen-bond donors (Lipinski definition) is 0. The van der Waals surface area contributed by atoms with E-state index in [1.54, 1.807) is 6.08 Å². The van der Waals surface area contributed by atoms with Gasteiger partial charge in [-0.05, 0) is 30.7 Å². The van der Waals surface area contributed by atoms with E-state index in [1.165, 1.54) is 0 Å². The molecule has 0 spiro atoms. The first kappa shape index (κ1) is 10.4. The molecule has 1 aromatic carbocycles. The zero-order chi connectivity index (χ0) is 11.4. The fraction of sp³-hybridized carbons (Fsp3) is 0.0714. The van der Waals surface area contributed by atoms with E-state index >= 15 is 0 Å². The van der Waals surface area contributed by atoms with Crippen LogP contribution in [0, 0.1) is 6.92 Å². The summed E-state index contributed by atoms with van der Waals surface area (Å²) in [4.78, 5) is 11.0. The van der Waals surface area contributed by atoms with Gasteiger partial charge in [0, 0.05) is 5.57 Å². The highest BCUT2D eigenvalue weighted by Crippen LogP contribution is 2.17. The fourth-order valence-electron chi connectivity index (χ4n) is 1.50. The van der Waals surface area contributed by atoms with Gasteiger partial charge >= 0.3 is 0 Å². The predicted molar refractivity (Wildman–Crippen MR) is 63.8 cm³/mol. The second-order valence-electron chi connectivity index (χ2n) is 3.53. The summed E-state index contributed by atoms with van der Waals surface area (Å²) in [6, 6.07) is 13.2. The number of carbonyl (C=O) groups excluding carboxylic acids is 1. The molecule has 2 nitrogen and oxygen atoms in total. The Morgan fingerprint density at radius 3 is 2.44 bits per heavy atom. The molecule has 1 heterocycles. The van der Waals surface area contributed by atoms with Crippen LogP contribution < -0.4 is 0 Å². The molecule has 0 saturated heterocycles. The van der Waals surface area contributed by atoms with E-state index in [9.17, 15) is 4.79 Å². The summed E-state index contributed by atoms with van der Waals surface area (Å²) in [5.41, 5.74) is 1.52. The van der Waals surface area contributed by atoms with Crippen LogP contribution in [0.4, 0.5) is 0 Å². The van der Waals surface area contributed by atoms with Crippen LogP contribution >= 0.6 is 0 Å². The van der Waals surface area contributed by atoms with Crippen LogP contribution in [0.15, 0.2) is 46.9 Å². The molecule has 0 N–H and O–H groups in total. The van der Waals surface area contributed by atoms with Gasteiger partial charge in [0.25, 0.3) is 0 Å². The van der Waals surface area contributed by atoms with Crippen LogP contribution in [-0.4, -0.2) is 6.29 Å². The third-order valence-electron chi connectivity index (χ3n) is 2.29. The van der Waals surface area contributed by atoms with E-state index in [-0.39, 0.29) is 0 Å². The highest BCUT2D eigenvalue weighted by molar-refractivity contribution is 6.13. The Labute approximate surface area is 94.2 Å². The Hall–Kier alpha value is -2.09. The van der Waals surface area contributed by atoms with Crippen molar-refractivity contribution in [1.29, 1.82) is 0 Å². The molecule has 0 aliphatic rings. The van der Waals surface area contributed by atoms with Crippen LogP contribution in [-0.2, 0) is 4.79 Å². The molecule has 2 heteroatoms. The topological polar surface area (TPSA) is 30.2 Å². The summed E-state index contributed by atoms with van der Waals surface area (Å²) in [6.07, 6.45) is 2.59. The first-order valence-electron chi connectivity index (χ1n) is 5.08. The molecule has 0 amide bonds. The second kappa shape index (κ2) is 4.62. The van der Waals surface area contributed by atoms with Crippen molar-refractivity contribution in [2.45, 2.75) is 6.92 Å². The molecule has 0 radical (unpaired) electrons. The molecule has 2 aromatic rings. The average Bonchev–Trinajstić information content (AvgIpc) is 2.73. The van der Waals surface area contributed by atoms with Crippen LogP contribution in [0.25, 0.3) is 11.6 Å². The molecular formula is C14H12O2. The maximum absolute atomic E-state index is 11.0. The zero-order valence-electron chi connectivity index (χ0n) is 9.01. The van der Waals surface area contributed by atoms with Gasteiger partial charge in [0.05, 0.1) is 0 Å². The van der Waals surface area contributed by atoms with E-state index < -0.39 is 0 Å². The summed E-state index contributed by atoms with van der Waals surface area (Å²) in [6.45, 7) is 1.88. The van der Waals surface area contributed by atoms with Gasteiger partial charge in [-0.15, -0.1) is 0 Å². The van der Waals surface area contributed by atoms with Crippen molar-refractivity contribution in [2.75, 3.05) is 0 Å². The largest absolute Gasteiger partial charge is 0.462 e. The van der Waals surface area contributed by atoms with Crippen molar-refractivity contribution in [3.8, 4) is 0 Å². The summed E-state index contributed by atoms with van der Waals surface area (Å²) < 4.78 is 5.40. The first-order valence-corrected chi connectivity index (χ1v) is 5.08. The van der Waals surface area contributed by atoms with Gasteiger partial charge in [-0.2, -0.15) is 0 Å². The lowest BCUT2D eigenvalue weighted by molar-refractivity contribution is -0.103. The summed E-state index contributed by atoms with van der Waals surface area (Å²) in [5, 5.41) is 0. The smallest absolute Gasteiger partial charge is 0.150 e. The van der Waals surface area contributed by atoms with Crippen LogP contribution in [0.3, 0.4) is 0 Å². The standard InChI is InChI=1S/C14H12O2/c1-11-7-8-14(16-11)9-13(10-15)12-5-3-2-4-6-12/h2-10H,1H3/b13-9-. The lowest BCUT2D eigenvalue weighted by atomic mass is 10.1. The van der Waals surface area contributed by atoms with Gasteiger partial charge in [-0.3, -0.25) is 4.79 Å². The van der Waals surface area contributed by atoms with E-state index in [4.69, 9.17) is 4.42 Å². The second-order valence-corrected chi connectivity index (χ2v) is 3.53. The summed E-state index contributed by atoms with van der Waals surface area (Å²) >= 11 is 0. The van der Waals surface area contributed by atoms with E-state index in [1.807, 2.05) is 49.4 Å². The molecule has 2 rings (SSSR count). The Morgan fingerprint density at radius 1 is 1.12 bits per heavy atom. The molecule has 0 aliphatic carbocycles. The Morgan fingerprint density at radius 2 is 1.88 bits per heavy atom. The van der Waals surface area contributed by atoms with Crippen LogP contribution in [0.2, 0.25) is 0 Å².